The zero-order chi connectivity index (χ0) is 13.9. The zero-order valence-corrected chi connectivity index (χ0v) is 11.9. The summed E-state index contributed by atoms with van der Waals surface area (Å²) < 4.78 is 5.77. The third-order valence-electron chi connectivity index (χ3n) is 3.53. The number of hydrogen-bond acceptors (Lipinski definition) is 3. The van der Waals surface area contributed by atoms with Gasteiger partial charge in [-0.25, -0.2) is 0 Å². The van der Waals surface area contributed by atoms with E-state index in [4.69, 9.17) is 22.1 Å². The van der Waals surface area contributed by atoms with Crippen molar-refractivity contribution < 1.29 is 4.74 Å². The molecule has 0 bridgehead atoms. The minimum Gasteiger partial charge on any atom is -0.492 e. The maximum absolute atomic E-state index is 6.05. The Balaban J connectivity index is 1.80. The first-order chi connectivity index (χ1) is 9.72. The molecule has 0 atom stereocenters. The van der Waals surface area contributed by atoms with Crippen molar-refractivity contribution in [2.24, 2.45) is 0 Å². The summed E-state index contributed by atoms with van der Waals surface area (Å²) in [4.78, 5) is 2.33. The SMILES string of the molecule is Nc1ccc(Cl)cc1CN1CCOc2ccccc2C1. The molecule has 0 amide bonds. The van der Waals surface area contributed by atoms with E-state index in [1.807, 2.05) is 36.4 Å². The van der Waals surface area contributed by atoms with Gasteiger partial charge in [0.25, 0.3) is 0 Å². The molecule has 1 heterocycles. The van der Waals surface area contributed by atoms with Gasteiger partial charge < -0.3 is 10.5 Å². The highest BCUT2D eigenvalue weighted by Gasteiger charge is 2.15. The summed E-state index contributed by atoms with van der Waals surface area (Å²) >= 11 is 6.05. The zero-order valence-electron chi connectivity index (χ0n) is 11.2. The van der Waals surface area contributed by atoms with Crippen molar-refractivity contribution in [1.82, 2.24) is 4.90 Å². The quantitative estimate of drug-likeness (QED) is 0.862. The second-order valence-electron chi connectivity index (χ2n) is 5.01. The number of benzene rings is 2. The Labute approximate surface area is 123 Å². The van der Waals surface area contributed by atoms with Crippen molar-refractivity contribution >= 4 is 17.3 Å². The molecule has 2 aromatic rings. The van der Waals surface area contributed by atoms with Crippen molar-refractivity contribution in [2.45, 2.75) is 13.1 Å². The van der Waals surface area contributed by atoms with Crippen LogP contribution in [0.15, 0.2) is 42.5 Å². The molecule has 3 nitrogen and oxygen atoms in total. The molecule has 1 aliphatic rings. The van der Waals surface area contributed by atoms with Gasteiger partial charge in [-0.05, 0) is 29.8 Å². The minimum absolute atomic E-state index is 0.692. The standard InChI is InChI=1S/C16H17ClN2O/c17-14-5-6-15(18)13(9-14)11-19-7-8-20-16-4-2-1-3-12(16)10-19/h1-6,9H,7-8,10-11,18H2. The average Bonchev–Trinajstić information content (AvgIpc) is 2.64. The molecule has 0 saturated carbocycles. The summed E-state index contributed by atoms with van der Waals surface area (Å²) in [7, 11) is 0. The van der Waals surface area contributed by atoms with Gasteiger partial charge in [0.05, 0.1) is 0 Å². The highest BCUT2D eigenvalue weighted by Crippen LogP contribution is 2.25. The van der Waals surface area contributed by atoms with Crippen molar-refractivity contribution in [3.63, 3.8) is 0 Å². The maximum atomic E-state index is 6.05. The fraction of sp³-hybridized carbons (Fsp3) is 0.250. The first-order valence-electron chi connectivity index (χ1n) is 6.69. The van der Waals surface area contributed by atoms with Crippen LogP contribution >= 0.6 is 11.6 Å². The number of para-hydroxylation sites is 1. The third kappa shape index (κ3) is 2.89. The number of nitrogen functional groups attached to an aromatic ring is 1. The second kappa shape index (κ2) is 5.73. The van der Waals surface area contributed by atoms with Crippen molar-refractivity contribution in [3.8, 4) is 5.75 Å². The number of fused-ring (bicyclic) bond motifs is 1. The summed E-state index contributed by atoms with van der Waals surface area (Å²) in [5, 5.41) is 0.723. The summed E-state index contributed by atoms with van der Waals surface area (Å²) in [6.07, 6.45) is 0. The van der Waals surface area contributed by atoms with Crippen LogP contribution in [0.2, 0.25) is 5.02 Å². The lowest BCUT2D eigenvalue weighted by Crippen LogP contribution is -2.25. The Kier molecular flexibility index (Phi) is 3.81. The van der Waals surface area contributed by atoms with E-state index in [1.165, 1.54) is 5.56 Å². The first kappa shape index (κ1) is 13.3. The van der Waals surface area contributed by atoms with E-state index in [1.54, 1.807) is 0 Å². The molecule has 4 heteroatoms. The number of hydrogen-bond donors (Lipinski definition) is 1. The van der Waals surface area contributed by atoms with Crippen LogP contribution in [0, 0.1) is 0 Å². The lowest BCUT2D eigenvalue weighted by atomic mass is 10.1. The van der Waals surface area contributed by atoms with E-state index < -0.39 is 0 Å². The molecule has 0 spiro atoms. The molecule has 1 aliphatic heterocycles. The fourth-order valence-corrected chi connectivity index (χ4v) is 2.66. The van der Waals surface area contributed by atoms with Gasteiger partial charge in [0.15, 0.2) is 0 Å². The maximum Gasteiger partial charge on any atom is 0.123 e. The van der Waals surface area contributed by atoms with Crippen LogP contribution in [-0.2, 0) is 13.1 Å². The Hall–Kier alpha value is -1.71. The van der Waals surface area contributed by atoms with Gasteiger partial charge in [0.2, 0.25) is 0 Å². The number of nitrogens with two attached hydrogens (primary N) is 1. The number of halogens is 1. The predicted molar refractivity (Wildman–Crippen MR) is 81.9 cm³/mol. The van der Waals surface area contributed by atoms with E-state index in [0.717, 1.165) is 41.7 Å². The number of rotatable bonds is 2. The van der Waals surface area contributed by atoms with Gasteiger partial charge in [0, 0.05) is 35.9 Å². The monoisotopic (exact) mass is 288 g/mol. The molecule has 0 aliphatic carbocycles. The lowest BCUT2D eigenvalue weighted by molar-refractivity contribution is 0.220. The highest BCUT2D eigenvalue weighted by molar-refractivity contribution is 6.30. The van der Waals surface area contributed by atoms with Crippen LogP contribution in [0.25, 0.3) is 0 Å². The van der Waals surface area contributed by atoms with Crippen LogP contribution in [0.1, 0.15) is 11.1 Å². The van der Waals surface area contributed by atoms with E-state index in [-0.39, 0.29) is 0 Å². The molecule has 3 rings (SSSR count). The Morgan fingerprint density at radius 1 is 1.20 bits per heavy atom. The van der Waals surface area contributed by atoms with Gasteiger partial charge in [-0.15, -0.1) is 0 Å². The van der Waals surface area contributed by atoms with Crippen molar-refractivity contribution in [3.05, 3.63) is 58.6 Å². The summed E-state index contributed by atoms with van der Waals surface area (Å²) in [5.74, 6) is 0.981. The minimum atomic E-state index is 0.692. The topological polar surface area (TPSA) is 38.5 Å². The molecule has 20 heavy (non-hydrogen) atoms. The molecule has 0 fully saturated rings. The van der Waals surface area contributed by atoms with Crippen LogP contribution in [0.3, 0.4) is 0 Å². The summed E-state index contributed by atoms with van der Waals surface area (Å²) in [6, 6.07) is 13.8. The van der Waals surface area contributed by atoms with E-state index in [9.17, 15) is 0 Å². The van der Waals surface area contributed by atoms with Crippen LogP contribution in [-0.4, -0.2) is 18.1 Å². The molecule has 2 aromatic carbocycles. The first-order valence-corrected chi connectivity index (χ1v) is 7.07. The van der Waals surface area contributed by atoms with Gasteiger partial charge in [0.1, 0.15) is 12.4 Å². The van der Waals surface area contributed by atoms with Crippen LogP contribution in [0.4, 0.5) is 5.69 Å². The van der Waals surface area contributed by atoms with Crippen LogP contribution < -0.4 is 10.5 Å². The van der Waals surface area contributed by atoms with Gasteiger partial charge in [-0.1, -0.05) is 29.8 Å². The third-order valence-corrected chi connectivity index (χ3v) is 3.77. The Morgan fingerprint density at radius 3 is 2.95 bits per heavy atom. The second-order valence-corrected chi connectivity index (χ2v) is 5.45. The molecule has 0 saturated heterocycles. The molecule has 0 unspecified atom stereocenters. The Morgan fingerprint density at radius 2 is 2.05 bits per heavy atom. The van der Waals surface area contributed by atoms with Gasteiger partial charge in [-0.2, -0.15) is 0 Å². The van der Waals surface area contributed by atoms with E-state index in [0.29, 0.717) is 6.61 Å². The number of anilines is 1. The number of ether oxygens (including phenoxy) is 1. The number of nitrogens with zero attached hydrogens (tertiary/aromatic N) is 1. The van der Waals surface area contributed by atoms with Crippen molar-refractivity contribution in [1.29, 1.82) is 0 Å². The molecule has 0 aromatic heterocycles. The smallest absolute Gasteiger partial charge is 0.123 e. The van der Waals surface area contributed by atoms with Crippen molar-refractivity contribution in [2.75, 3.05) is 18.9 Å². The molecule has 2 N–H and O–H groups in total. The van der Waals surface area contributed by atoms with E-state index >= 15 is 0 Å². The molecular formula is C16H17ClN2O. The largest absolute Gasteiger partial charge is 0.492 e. The molecule has 104 valence electrons. The average molecular weight is 289 g/mol. The molecule has 0 radical (unpaired) electrons. The summed E-state index contributed by atoms with van der Waals surface area (Å²) in [5.41, 5.74) is 9.09. The highest BCUT2D eigenvalue weighted by atomic mass is 35.5. The Bertz CT molecular complexity index is 615. The molecular weight excluding hydrogens is 272 g/mol. The predicted octanol–water partition coefficient (Wildman–Crippen LogP) is 3.32. The summed E-state index contributed by atoms with van der Waals surface area (Å²) in [6.45, 7) is 3.21. The van der Waals surface area contributed by atoms with Gasteiger partial charge >= 0.3 is 0 Å². The fourth-order valence-electron chi connectivity index (χ4n) is 2.47. The normalized spacial score (nSPS) is 15.2. The lowest BCUT2D eigenvalue weighted by Gasteiger charge is -2.20. The van der Waals surface area contributed by atoms with Gasteiger partial charge in [-0.3, -0.25) is 4.90 Å². The van der Waals surface area contributed by atoms with E-state index in [2.05, 4.69) is 11.0 Å². The van der Waals surface area contributed by atoms with Crippen LogP contribution in [0.5, 0.6) is 5.75 Å².